The third-order valence-corrected chi connectivity index (χ3v) is 6.11. The molecule has 0 amide bonds. The Balaban J connectivity index is 2.66. The number of rotatable bonds is 5. The lowest BCUT2D eigenvalue weighted by Gasteiger charge is -2.29. The summed E-state index contributed by atoms with van der Waals surface area (Å²) < 4.78 is 27.3. The zero-order chi connectivity index (χ0) is 18.1. The third kappa shape index (κ3) is 3.74. The van der Waals surface area contributed by atoms with Gasteiger partial charge in [0, 0.05) is 5.02 Å². The molecule has 2 rings (SSSR count). The van der Waals surface area contributed by atoms with Gasteiger partial charge in [-0.15, -0.1) is 0 Å². The number of aryl methyl sites for hydroxylation is 2. The summed E-state index contributed by atoms with van der Waals surface area (Å²) in [6.45, 7) is 5.16. The van der Waals surface area contributed by atoms with E-state index < -0.39 is 21.3 Å². The number of anilines is 1. The molecule has 24 heavy (non-hydrogen) atoms. The molecule has 0 bridgehead atoms. The number of carbonyl (C=O) groups is 1. The Labute approximate surface area is 152 Å². The van der Waals surface area contributed by atoms with Gasteiger partial charge in [0.05, 0.1) is 10.6 Å². The van der Waals surface area contributed by atoms with Gasteiger partial charge < -0.3 is 0 Å². The predicted octanol–water partition coefficient (Wildman–Crippen LogP) is 4.31. The Morgan fingerprint density at radius 3 is 2.17 bits per heavy atom. The van der Waals surface area contributed by atoms with Crippen molar-refractivity contribution < 1.29 is 13.2 Å². The van der Waals surface area contributed by atoms with Crippen LogP contribution in [0.3, 0.4) is 0 Å². The first-order valence-corrected chi connectivity index (χ1v) is 9.41. The molecular formula is C17H17Cl2NO3S. The highest BCUT2D eigenvalue weighted by Gasteiger charge is 2.33. The normalized spacial score (nSPS) is 12.7. The van der Waals surface area contributed by atoms with E-state index >= 15 is 0 Å². The smallest absolute Gasteiger partial charge is 0.265 e. The van der Waals surface area contributed by atoms with Crippen LogP contribution >= 0.6 is 23.2 Å². The first-order chi connectivity index (χ1) is 11.1. The molecule has 0 radical (unpaired) electrons. The number of benzene rings is 2. The average Bonchev–Trinajstić information content (AvgIpc) is 2.49. The SMILES string of the molecule is Cc1ccc(N(C(C)C(=O)Cl)S(=O)(=O)c2ccc(Cl)cc2)c(C)c1. The molecule has 0 spiro atoms. The lowest BCUT2D eigenvalue weighted by Crippen LogP contribution is -2.42. The van der Waals surface area contributed by atoms with Gasteiger partial charge in [0.25, 0.3) is 10.0 Å². The standard InChI is InChI=1S/C17H17Cl2NO3S/c1-11-4-9-16(12(2)10-11)20(13(3)17(19)21)24(22,23)15-7-5-14(18)6-8-15/h4-10,13H,1-3H3. The van der Waals surface area contributed by atoms with Crippen molar-refractivity contribution >= 4 is 44.2 Å². The maximum absolute atomic E-state index is 13.1. The summed E-state index contributed by atoms with van der Waals surface area (Å²) in [6.07, 6.45) is 0. The molecule has 128 valence electrons. The number of nitrogens with zero attached hydrogens (tertiary/aromatic N) is 1. The molecule has 0 aliphatic carbocycles. The molecule has 0 fully saturated rings. The van der Waals surface area contributed by atoms with Crippen LogP contribution in [-0.4, -0.2) is 19.7 Å². The number of halogens is 2. The van der Waals surface area contributed by atoms with Crippen LogP contribution in [0.25, 0.3) is 0 Å². The van der Waals surface area contributed by atoms with Crippen LogP contribution in [0.1, 0.15) is 18.1 Å². The van der Waals surface area contributed by atoms with Crippen molar-refractivity contribution in [2.75, 3.05) is 4.31 Å². The predicted molar refractivity (Wildman–Crippen MR) is 97.4 cm³/mol. The van der Waals surface area contributed by atoms with Crippen LogP contribution in [0.5, 0.6) is 0 Å². The molecule has 1 unspecified atom stereocenters. The Hall–Kier alpha value is -1.56. The van der Waals surface area contributed by atoms with Gasteiger partial charge in [-0.2, -0.15) is 0 Å². The topological polar surface area (TPSA) is 54.5 Å². The monoisotopic (exact) mass is 385 g/mol. The second-order valence-corrected chi connectivity index (χ2v) is 8.15. The lowest BCUT2D eigenvalue weighted by molar-refractivity contribution is -0.112. The maximum atomic E-state index is 13.1. The Kier molecular flexibility index (Phi) is 5.58. The summed E-state index contributed by atoms with van der Waals surface area (Å²) >= 11 is 11.4. The van der Waals surface area contributed by atoms with E-state index in [0.717, 1.165) is 15.4 Å². The van der Waals surface area contributed by atoms with Gasteiger partial charge in [-0.1, -0.05) is 29.3 Å². The van der Waals surface area contributed by atoms with E-state index in [1.807, 2.05) is 13.0 Å². The number of carbonyl (C=O) groups excluding carboxylic acids is 1. The van der Waals surface area contributed by atoms with Gasteiger partial charge in [-0.05, 0) is 68.3 Å². The van der Waals surface area contributed by atoms with E-state index in [1.54, 1.807) is 19.1 Å². The first-order valence-electron chi connectivity index (χ1n) is 7.21. The minimum Gasteiger partial charge on any atom is -0.279 e. The van der Waals surface area contributed by atoms with Crippen LogP contribution in [0.4, 0.5) is 5.69 Å². The van der Waals surface area contributed by atoms with Gasteiger partial charge in [0.1, 0.15) is 6.04 Å². The Bertz CT molecular complexity index is 864. The van der Waals surface area contributed by atoms with Crippen molar-refractivity contribution in [3.8, 4) is 0 Å². The highest BCUT2D eigenvalue weighted by atomic mass is 35.5. The second-order valence-electron chi connectivity index (χ2n) is 5.52. The van der Waals surface area contributed by atoms with E-state index in [0.29, 0.717) is 10.7 Å². The lowest BCUT2D eigenvalue weighted by atomic mass is 10.1. The Morgan fingerprint density at radius 2 is 1.67 bits per heavy atom. The minimum absolute atomic E-state index is 0.0386. The summed E-state index contributed by atoms with van der Waals surface area (Å²) in [5.41, 5.74) is 2.14. The van der Waals surface area contributed by atoms with Crippen LogP contribution in [-0.2, 0) is 14.8 Å². The van der Waals surface area contributed by atoms with E-state index in [1.165, 1.54) is 31.2 Å². The molecule has 0 saturated carbocycles. The zero-order valence-electron chi connectivity index (χ0n) is 13.5. The van der Waals surface area contributed by atoms with Gasteiger partial charge >= 0.3 is 0 Å². The van der Waals surface area contributed by atoms with Crippen molar-refractivity contribution in [3.05, 3.63) is 58.6 Å². The Morgan fingerprint density at radius 1 is 1.08 bits per heavy atom. The van der Waals surface area contributed by atoms with Crippen molar-refractivity contribution in [3.63, 3.8) is 0 Å². The third-order valence-electron chi connectivity index (χ3n) is 3.64. The van der Waals surface area contributed by atoms with Gasteiger partial charge in [0.2, 0.25) is 5.24 Å². The minimum atomic E-state index is -3.98. The fourth-order valence-electron chi connectivity index (χ4n) is 2.41. The maximum Gasteiger partial charge on any atom is 0.265 e. The van der Waals surface area contributed by atoms with Crippen molar-refractivity contribution in [2.45, 2.75) is 31.7 Å². The largest absolute Gasteiger partial charge is 0.279 e. The zero-order valence-corrected chi connectivity index (χ0v) is 15.8. The molecule has 4 nitrogen and oxygen atoms in total. The molecule has 1 atom stereocenters. The molecule has 7 heteroatoms. The highest BCUT2D eigenvalue weighted by molar-refractivity contribution is 7.93. The summed E-state index contributed by atoms with van der Waals surface area (Å²) in [4.78, 5) is 11.7. The molecule has 0 aromatic heterocycles. The van der Waals surface area contributed by atoms with E-state index in [4.69, 9.17) is 23.2 Å². The second kappa shape index (κ2) is 7.13. The van der Waals surface area contributed by atoms with Crippen molar-refractivity contribution in [2.24, 2.45) is 0 Å². The van der Waals surface area contributed by atoms with Gasteiger partial charge in [-0.25, -0.2) is 8.42 Å². The number of sulfonamides is 1. The summed E-state index contributed by atoms with van der Waals surface area (Å²) in [7, 11) is -3.98. The van der Waals surface area contributed by atoms with Crippen LogP contribution in [0, 0.1) is 13.8 Å². The molecule has 0 saturated heterocycles. The van der Waals surface area contributed by atoms with Crippen molar-refractivity contribution in [1.29, 1.82) is 0 Å². The van der Waals surface area contributed by atoms with E-state index in [2.05, 4.69) is 0 Å². The van der Waals surface area contributed by atoms with E-state index in [9.17, 15) is 13.2 Å². The summed E-state index contributed by atoms with van der Waals surface area (Å²) in [5.74, 6) is 0. The highest BCUT2D eigenvalue weighted by Crippen LogP contribution is 2.30. The van der Waals surface area contributed by atoms with Crippen LogP contribution in [0.2, 0.25) is 5.02 Å². The number of hydrogen-bond acceptors (Lipinski definition) is 3. The van der Waals surface area contributed by atoms with Gasteiger partial charge in [0.15, 0.2) is 0 Å². The number of hydrogen-bond donors (Lipinski definition) is 0. The van der Waals surface area contributed by atoms with Crippen molar-refractivity contribution in [1.82, 2.24) is 0 Å². The molecule has 0 aliphatic rings. The van der Waals surface area contributed by atoms with Crippen LogP contribution in [0.15, 0.2) is 47.4 Å². The molecule has 0 aliphatic heterocycles. The molecule has 0 N–H and O–H groups in total. The molecule has 2 aromatic rings. The van der Waals surface area contributed by atoms with Gasteiger partial charge in [-0.3, -0.25) is 9.10 Å². The molecule has 0 heterocycles. The fraction of sp³-hybridized carbons (Fsp3) is 0.235. The molecule has 2 aromatic carbocycles. The average molecular weight is 386 g/mol. The first kappa shape index (κ1) is 18.8. The van der Waals surface area contributed by atoms with Crippen LogP contribution < -0.4 is 4.31 Å². The fourth-order valence-corrected chi connectivity index (χ4v) is 4.38. The summed E-state index contributed by atoms with van der Waals surface area (Å²) in [5, 5.41) is -0.332. The molecular weight excluding hydrogens is 369 g/mol. The quantitative estimate of drug-likeness (QED) is 0.720. The summed E-state index contributed by atoms with van der Waals surface area (Å²) in [6, 6.07) is 10.1. The van der Waals surface area contributed by atoms with E-state index in [-0.39, 0.29) is 4.90 Å².